The van der Waals surface area contributed by atoms with Gasteiger partial charge in [-0.05, 0) is 49.4 Å². The van der Waals surface area contributed by atoms with Gasteiger partial charge in [0.25, 0.3) is 5.91 Å². The molecule has 146 valence electrons. The van der Waals surface area contributed by atoms with Crippen LogP contribution in [0.4, 0.5) is 5.69 Å². The summed E-state index contributed by atoms with van der Waals surface area (Å²) >= 11 is 0. The summed E-state index contributed by atoms with van der Waals surface area (Å²) in [6.07, 6.45) is 2.03. The van der Waals surface area contributed by atoms with Gasteiger partial charge in [-0.2, -0.15) is 0 Å². The smallest absolute Gasteiger partial charge is 0.253 e. The third-order valence-corrected chi connectivity index (χ3v) is 4.83. The first-order valence-electron chi connectivity index (χ1n) is 8.87. The fourth-order valence-electron chi connectivity index (χ4n) is 3.00. The largest absolute Gasteiger partial charge is 0.380 e. The van der Waals surface area contributed by atoms with E-state index < -0.39 is 0 Å². The van der Waals surface area contributed by atoms with Crippen LogP contribution in [-0.2, 0) is 9.53 Å². The zero-order valence-electron chi connectivity index (χ0n) is 15.8. The SMILES string of the molecule is COC(CN)CC(=O)Nc1ccc(C(=O)N2CCC(C)CC2)cc1C.Cl. The van der Waals surface area contributed by atoms with Gasteiger partial charge in [-0.15, -0.1) is 12.4 Å². The third-order valence-electron chi connectivity index (χ3n) is 4.83. The normalized spacial score (nSPS) is 15.9. The van der Waals surface area contributed by atoms with Gasteiger partial charge in [-0.25, -0.2) is 0 Å². The molecule has 7 heteroatoms. The number of nitrogens with one attached hydrogen (secondary N) is 1. The Balaban J connectivity index is 0.00000338. The minimum atomic E-state index is -0.289. The van der Waals surface area contributed by atoms with Gasteiger partial charge in [0.1, 0.15) is 0 Å². The van der Waals surface area contributed by atoms with Gasteiger partial charge in [0.15, 0.2) is 0 Å². The molecule has 0 radical (unpaired) electrons. The molecular formula is C19H30ClN3O3. The van der Waals surface area contributed by atoms with Crippen molar-refractivity contribution in [3.8, 4) is 0 Å². The first kappa shape index (κ1) is 22.4. The molecule has 1 aromatic rings. The molecule has 2 rings (SSSR count). The van der Waals surface area contributed by atoms with E-state index in [0.29, 0.717) is 23.7 Å². The van der Waals surface area contributed by atoms with E-state index in [1.54, 1.807) is 12.1 Å². The van der Waals surface area contributed by atoms with Gasteiger partial charge in [0, 0.05) is 38.0 Å². The van der Waals surface area contributed by atoms with Crippen molar-refractivity contribution in [3.05, 3.63) is 29.3 Å². The second kappa shape index (κ2) is 10.5. The Morgan fingerprint density at radius 1 is 1.35 bits per heavy atom. The quantitative estimate of drug-likeness (QED) is 0.790. The lowest BCUT2D eigenvalue weighted by atomic mass is 9.98. The van der Waals surface area contributed by atoms with Crippen molar-refractivity contribution in [2.24, 2.45) is 11.7 Å². The number of carbonyl (C=O) groups excluding carboxylic acids is 2. The zero-order chi connectivity index (χ0) is 18.4. The molecule has 3 N–H and O–H groups in total. The molecule has 26 heavy (non-hydrogen) atoms. The Bertz CT molecular complexity index is 612. The first-order valence-corrected chi connectivity index (χ1v) is 8.87. The number of hydrogen-bond acceptors (Lipinski definition) is 4. The van der Waals surface area contributed by atoms with Crippen LogP contribution in [0.3, 0.4) is 0 Å². The summed E-state index contributed by atoms with van der Waals surface area (Å²) in [5, 5.41) is 2.86. The van der Waals surface area contributed by atoms with Crippen molar-refractivity contribution in [2.75, 3.05) is 32.1 Å². The maximum absolute atomic E-state index is 12.6. The number of hydrogen-bond donors (Lipinski definition) is 2. The Morgan fingerprint density at radius 2 is 2.00 bits per heavy atom. The van der Waals surface area contributed by atoms with Crippen molar-refractivity contribution >= 4 is 29.9 Å². The van der Waals surface area contributed by atoms with E-state index in [2.05, 4.69) is 12.2 Å². The number of nitrogens with two attached hydrogens (primary N) is 1. The number of likely N-dealkylation sites (tertiary alicyclic amines) is 1. The van der Waals surface area contributed by atoms with Crippen LogP contribution in [0.2, 0.25) is 0 Å². The molecule has 1 fully saturated rings. The fraction of sp³-hybridized carbons (Fsp3) is 0.579. The van der Waals surface area contributed by atoms with Gasteiger partial charge in [-0.3, -0.25) is 9.59 Å². The molecule has 1 aromatic carbocycles. The fourth-order valence-corrected chi connectivity index (χ4v) is 3.00. The van der Waals surface area contributed by atoms with Crippen LogP contribution >= 0.6 is 12.4 Å². The van der Waals surface area contributed by atoms with Crippen LogP contribution in [0.5, 0.6) is 0 Å². The molecule has 0 saturated carbocycles. The van der Waals surface area contributed by atoms with Gasteiger partial charge < -0.3 is 20.7 Å². The molecule has 6 nitrogen and oxygen atoms in total. The Labute approximate surface area is 161 Å². The molecule has 1 aliphatic heterocycles. The minimum Gasteiger partial charge on any atom is -0.380 e. The van der Waals surface area contributed by atoms with Crippen LogP contribution in [0.25, 0.3) is 0 Å². The lowest BCUT2D eigenvalue weighted by molar-refractivity contribution is -0.118. The number of methoxy groups -OCH3 is 1. The highest BCUT2D eigenvalue weighted by atomic mass is 35.5. The third kappa shape index (κ3) is 5.97. The average molecular weight is 384 g/mol. The lowest BCUT2D eigenvalue weighted by Crippen LogP contribution is -2.37. The lowest BCUT2D eigenvalue weighted by Gasteiger charge is -2.30. The van der Waals surface area contributed by atoms with E-state index in [9.17, 15) is 9.59 Å². The topological polar surface area (TPSA) is 84.7 Å². The first-order chi connectivity index (χ1) is 11.9. The predicted octanol–water partition coefficient (Wildman–Crippen LogP) is 2.59. The summed E-state index contributed by atoms with van der Waals surface area (Å²) in [5.74, 6) is 0.604. The number of amides is 2. The van der Waals surface area contributed by atoms with Gasteiger partial charge in [-0.1, -0.05) is 6.92 Å². The number of anilines is 1. The molecule has 0 aliphatic carbocycles. The molecule has 1 atom stereocenters. The van der Waals surface area contributed by atoms with E-state index >= 15 is 0 Å². The average Bonchev–Trinajstić information content (AvgIpc) is 2.61. The van der Waals surface area contributed by atoms with Crippen LogP contribution < -0.4 is 11.1 Å². The van der Waals surface area contributed by atoms with Crippen molar-refractivity contribution in [1.29, 1.82) is 0 Å². The number of carbonyl (C=O) groups is 2. The number of nitrogens with zero attached hydrogens (tertiary/aromatic N) is 1. The van der Waals surface area contributed by atoms with Crippen molar-refractivity contribution in [1.82, 2.24) is 4.90 Å². The van der Waals surface area contributed by atoms with E-state index in [-0.39, 0.29) is 36.7 Å². The van der Waals surface area contributed by atoms with Gasteiger partial charge >= 0.3 is 0 Å². The number of benzene rings is 1. The summed E-state index contributed by atoms with van der Waals surface area (Å²) in [6, 6.07) is 5.41. The number of rotatable bonds is 6. The number of halogens is 1. The van der Waals surface area contributed by atoms with Crippen molar-refractivity contribution < 1.29 is 14.3 Å². The van der Waals surface area contributed by atoms with Crippen molar-refractivity contribution in [3.63, 3.8) is 0 Å². The summed E-state index contributed by atoms with van der Waals surface area (Å²) in [4.78, 5) is 26.6. The van der Waals surface area contributed by atoms with E-state index in [4.69, 9.17) is 10.5 Å². The van der Waals surface area contributed by atoms with Crippen LogP contribution in [0, 0.1) is 12.8 Å². The number of ether oxygens (including phenoxy) is 1. The minimum absolute atomic E-state index is 0. The maximum Gasteiger partial charge on any atom is 0.253 e. The summed E-state index contributed by atoms with van der Waals surface area (Å²) in [5.41, 5.74) is 7.78. The molecule has 0 spiro atoms. The zero-order valence-corrected chi connectivity index (χ0v) is 16.6. The maximum atomic E-state index is 12.6. The molecule has 0 aromatic heterocycles. The Morgan fingerprint density at radius 3 is 2.54 bits per heavy atom. The van der Waals surface area contributed by atoms with Crippen molar-refractivity contribution in [2.45, 2.75) is 39.2 Å². The molecule has 1 saturated heterocycles. The number of piperidine rings is 1. The molecule has 1 heterocycles. The monoisotopic (exact) mass is 383 g/mol. The van der Waals surface area contributed by atoms with E-state index in [1.807, 2.05) is 17.9 Å². The molecule has 1 unspecified atom stereocenters. The molecule has 1 aliphatic rings. The highest BCUT2D eigenvalue weighted by Crippen LogP contribution is 2.21. The Kier molecular flexibility index (Phi) is 9.05. The molecule has 0 bridgehead atoms. The van der Waals surface area contributed by atoms with Crippen LogP contribution in [0.15, 0.2) is 18.2 Å². The molecule has 2 amide bonds. The highest BCUT2D eigenvalue weighted by molar-refractivity contribution is 5.96. The Hall–Kier alpha value is -1.63. The standard InChI is InChI=1S/C19H29N3O3.ClH/c1-13-6-8-22(9-7-13)19(24)15-4-5-17(14(2)10-15)21-18(23)11-16(12-20)25-3;/h4-5,10,13,16H,6-9,11-12,20H2,1-3H3,(H,21,23);1H. The van der Waals surface area contributed by atoms with E-state index in [0.717, 1.165) is 31.5 Å². The second-order valence-electron chi connectivity index (χ2n) is 6.85. The highest BCUT2D eigenvalue weighted by Gasteiger charge is 2.22. The summed E-state index contributed by atoms with van der Waals surface area (Å²) in [6.45, 7) is 6.04. The molecular weight excluding hydrogens is 354 g/mol. The summed E-state index contributed by atoms with van der Waals surface area (Å²) in [7, 11) is 1.54. The van der Waals surface area contributed by atoms with Crippen LogP contribution in [0.1, 0.15) is 42.1 Å². The van der Waals surface area contributed by atoms with Gasteiger partial charge in [0.2, 0.25) is 5.91 Å². The second-order valence-corrected chi connectivity index (χ2v) is 6.85. The van der Waals surface area contributed by atoms with E-state index in [1.165, 1.54) is 7.11 Å². The predicted molar refractivity (Wildman–Crippen MR) is 106 cm³/mol. The number of aryl methyl sites for hydroxylation is 1. The summed E-state index contributed by atoms with van der Waals surface area (Å²) < 4.78 is 5.13. The van der Waals surface area contributed by atoms with Crippen LogP contribution in [-0.4, -0.2) is 49.6 Å². The van der Waals surface area contributed by atoms with Gasteiger partial charge in [0.05, 0.1) is 12.5 Å².